The summed E-state index contributed by atoms with van der Waals surface area (Å²) in [7, 11) is 0. The van der Waals surface area contributed by atoms with Crippen molar-refractivity contribution >= 4 is 5.97 Å². The molecule has 1 unspecified atom stereocenters. The molecular formula is C40H68O4. The number of esters is 1. The molecule has 4 heteroatoms. The van der Waals surface area contributed by atoms with Crippen molar-refractivity contribution in [2.45, 2.75) is 155 Å². The molecule has 0 aromatic rings. The number of allylic oxidation sites excluding steroid dienone is 11. The van der Waals surface area contributed by atoms with E-state index < -0.39 is 6.10 Å². The first-order valence-electron chi connectivity index (χ1n) is 18.0. The molecule has 0 aliphatic heterocycles. The highest BCUT2D eigenvalue weighted by molar-refractivity contribution is 5.71. The number of aliphatic hydroxyl groups is 1. The van der Waals surface area contributed by atoms with E-state index in [-0.39, 0.29) is 25.6 Å². The minimum Gasteiger partial charge on any atom is -0.457 e. The smallest absolute Gasteiger partial charge is 0.310 e. The maximum atomic E-state index is 12.1. The van der Waals surface area contributed by atoms with Crippen LogP contribution in [0.2, 0.25) is 0 Å². The minimum atomic E-state index is -0.593. The molecule has 0 amide bonds. The normalized spacial score (nSPS) is 13.2. The lowest BCUT2D eigenvalue weighted by Gasteiger charge is -2.15. The highest BCUT2D eigenvalue weighted by atomic mass is 16.6. The molecule has 1 atom stereocenters. The van der Waals surface area contributed by atoms with Crippen LogP contribution in [0.1, 0.15) is 149 Å². The Morgan fingerprint density at radius 1 is 0.568 bits per heavy atom. The number of hydrogen-bond acceptors (Lipinski definition) is 4. The predicted octanol–water partition coefficient (Wildman–Crippen LogP) is 11.5. The summed E-state index contributed by atoms with van der Waals surface area (Å²) in [5, 5.41) is 9.53. The molecule has 0 saturated carbocycles. The number of aliphatic hydroxyl groups excluding tert-OH is 1. The van der Waals surface area contributed by atoms with Crippen molar-refractivity contribution in [3.8, 4) is 0 Å². The van der Waals surface area contributed by atoms with Crippen LogP contribution in [-0.4, -0.2) is 37.0 Å². The molecule has 44 heavy (non-hydrogen) atoms. The first-order chi connectivity index (χ1) is 21.7. The van der Waals surface area contributed by atoms with E-state index in [9.17, 15) is 9.90 Å². The second-order valence-corrected chi connectivity index (χ2v) is 11.6. The molecule has 0 heterocycles. The summed E-state index contributed by atoms with van der Waals surface area (Å²) in [6.07, 6.45) is 49.6. The molecule has 0 radical (unpaired) electrons. The summed E-state index contributed by atoms with van der Waals surface area (Å²) < 4.78 is 11.0. The molecule has 0 aromatic carbocycles. The molecule has 0 rings (SSSR count). The highest BCUT2D eigenvalue weighted by Gasteiger charge is 2.12. The van der Waals surface area contributed by atoms with Crippen LogP contribution in [0, 0.1) is 0 Å². The zero-order valence-electron chi connectivity index (χ0n) is 28.6. The van der Waals surface area contributed by atoms with E-state index in [1.807, 2.05) is 12.2 Å². The third-order valence-electron chi connectivity index (χ3n) is 7.30. The Bertz CT molecular complexity index is 774. The minimum absolute atomic E-state index is 0.207. The van der Waals surface area contributed by atoms with Gasteiger partial charge in [0.05, 0.1) is 19.6 Å². The van der Waals surface area contributed by atoms with Gasteiger partial charge in [0.15, 0.2) is 0 Å². The fraction of sp³-hybridized carbons (Fsp3) is 0.675. The lowest BCUT2D eigenvalue weighted by molar-refractivity contribution is -0.153. The topological polar surface area (TPSA) is 55.8 Å². The van der Waals surface area contributed by atoms with Crippen LogP contribution < -0.4 is 0 Å². The Balaban J connectivity index is 3.61. The first kappa shape index (κ1) is 41.8. The van der Waals surface area contributed by atoms with E-state index >= 15 is 0 Å². The predicted molar refractivity (Wildman–Crippen MR) is 191 cm³/mol. The SMILES string of the molecule is CC/C=C\C/C=C\C/C=C\C/C=C\C/C=C\CC(=O)OC(CO)COCCCCCCCC/C=C\CCCCCCCCC. The molecule has 0 aliphatic rings. The van der Waals surface area contributed by atoms with Crippen molar-refractivity contribution in [3.05, 3.63) is 72.9 Å². The average Bonchev–Trinajstić information content (AvgIpc) is 3.03. The van der Waals surface area contributed by atoms with Gasteiger partial charge < -0.3 is 14.6 Å². The van der Waals surface area contributed by atoms with Gasteiger partial charge in [-0.3, -0.25) is 4.79 Å². The van der Waals surface area contributed by atoms with Crippen molar-refractivity contribution in [1.82, 2.24) is 0 Å². The van der Waals surface area contributed by atoms with E-state index in [0.29, 0.717) is 6.61 Å². The van der Waals surface area contributed by atoms with Crippen molar-refractivity contribution in [2.75, 3.05) is 19.8 Å². The molecule has 0 fully saturated rings. The maximum Gasteiger partial charge on any atom is 0.310 e. The third-order valence-corrected chi connectivity index (χ3v) is 7.30. The number of ether oxygens (including phenoxy) is 2. The van der Waals surface area contributed by atoms with Gasteiger partial charge in [-0.25, -0.2) is 0 Å². The van der Waals surface area contributed by atoms with E-state index in [1.165, 1.54) is 83.5 Å². The van der Waals surface area contributed by atoms with Crippen molar-refractivity contribution in [3.63, 3.8) is 0 Å². The lowest BCUT2D eigenvalue weighted by atomic mass is 10.1. The molecule has 252 valence electrons. The van der Waals surface area contributed by atoms with Crippen LogP contribution in [0.4, 0.5) is 0 Å². The van der Waals surface area contributed by atoms with E-state index in [1.54, 1.807) is 0 Å². The van der Waals surface area contributed by atoms with Gasteiger partial charge in [-0.1, -0.05) is 151 Å². The second kappa shape index (κ2) is 37.0. The number of carbonyl (C=O) groups is 1. The van der Waals surface area contributed by atoms with Crippen molar-refractivity contribution < 1.29 is 19.4 Å². The molecule has 0 bridgehead atoms. The number of unbranched alkanes of at least 4 members (excludes halogenated alkanes) is 13. The Morgan fingerprint density at radius 3 is 1.52 bits per heavy atom. The number of hydrogen-bond donors (Lipinski definition) is 1. The summed E-state index contributed by atoms with van der Waals surface area (Å²) in [5.74, 6) is -0.332. The van der Waals surface area contributed by atoms with Gasteiger partial charge >= 0.3 is 5.97 Å². The second-order valence-electron chi connectivity index (χ2n) is 11.6. The molecular weight excluding hydrogens is 544 g/mol. The average molecular weight is 613 g/mol. The molecule has 1 N–H and O–H groups in total. The molecule has 0 aliphatic carbocycles. The first-order valence-corrected chi connectivity index (χ1v) is 18.0. The standard InChI is InChI=1S/C40H68O4/c1-3-5-7-9-11-13-15-17-19-20-22-24-26-28-30-32-34-36-43-38-39(37-41)44-40(42)35-33-31-29-27-25-23-21-18-16-14-12-10-8-6-4-2/h6,8,12,14,18-21,25,27,31,33,39,41H,3-5,7,9-11,13,15-17,22-24,26,28-30,32,34-38H2,1-2H3/b8-6-,14-12-,20-19-,21-18-,27-25-,33-31-. The summed E-state index contributed by atoms with van der Waals surface area (Å²) in [6.45, 7) is 5.09. The van der Waals surface area contributed by atoms with Crippen LogP contribution in [-0.2, 0) is 14.3 Å². The van der Waals surface area contributed by atoms with Crippen LogP contribution in [0.5, 0.6) is 0 Å². The summed E-state index contributed by atoms with van der Waals surface area (Å²) in [4.78, 5) is 12.1. The Kier molecular flexibility index (Phi) is 35.2. The molecule has 0 aromatic heterocycles. The summed E-state index contributed by atoms with van der Waals surface area (Å²) in [5.41, 5.74) is 0. The van der Waals surface area contributed by atoms with Gasteiger partial charge in [-0.05, 0) is 64.2 Å². The Morgan fingerprint density at radius 2 is 1.02 bits per heavy atom. The Hall–Kier alpha value is -2.17. The fourth-order valence-electron chi connectivity index (χ4n) is 4.63. The monoisotopic (exact) mass is 613 g/mol. The summed E-state index contributed by atoms with van der Waals surface area (Å²) >= 11 is 0. The van der Waals surface area contributed by atoms with Gasteiger partial charge in [-0.2, -0.15) is 0 Å². The maximum absolute atomic E-state index is 12.1. The highest BCUT2D eigenvalue weighted by Crippen LogP contribution is 2.11. The largest absolute Gasteiger partial charge is 0.457 e. The van der Waals surface area contributed by atoms with Crippen LogP contribution >= 0.6 is 0 Å². The van der Waals surface area contributed by atoms with E-state index in [0.717, 1.165) is 44.9 Å². The van der Waals surface area contributed by atoms with Gasteiger partial charge in [0.1, 0.15) is 6.10 Å². The molecule has 0 spiro atoms. The van der Waals surface area contributed by atoms with E-state index in [2.05, 4.69) is 74.6 Å². The zero-order chi connectivity index (χ0) is 32.0. The van der Waals surface area contributed by atoms with Gasteiger partial charge in [0.25, 0.3) is 0 Å². The van der Waals surface area contributed by atoms with Crippen LogP contribution in [0.3, 0.4) is 0 Å². The third kappa shape index (κ3) is 34.3. The van der Waals surface area contributed by atoms with Crippen LogP contribution in [0.15, 0.2) is 72.9 Å². The van der Waals surface area contributed by atoms with Gasteiger partial charge in [-0.15, -0.1) is 0 Å². The van der Waals surface area contributed by atoms with Crippen molar-refractivity contribution in [1.29, 1.82) is 0 Å². The van der Waals surface area contributed by atoms with E-state index in [4.69, 9.17) is 9.47 Å². The number of rotatable bonds is 32. The molecule has 0 saturated heterocycles. The zero-order valence-corrected chi connectivity index (χ0v) is 28.6. The van der Waals surface area contributed by atoms with Gasteiger partial charge in [0, 0.05) is 6.61 Å². The molecule has 4 nitrogen and oxygen atoms in total. The van der Waals surface area contributed by atoms with Gasteiger partial charge in [0.2, 0.25) is 0 Å². The summed E-state index contributed by atoms with van der Waals surface area (Å²) in [6, 6.07) is 0. The van der Waals surface area contributed by atoms with Crippen LogP contribution in [0.25, 0.3) is 0 Å². The Labute approximate surface area is 272 Å². The number of carbonyl (C=O) groups excluding carboxylic acids is 1. The quantitative estimate of drug-likeness (QED) is 0.0466. The lowest BCUT2D eigenvalue weighted by Crippen LogP contribution is -2.27. The fourth-order valence-corrected chi connectivity index (χ4v) is 4.63. The van der Waals surface area contributed by atoms with Crippen molar-refractivity contribution in [2.24, 2.45) is 0 Å².